The number of halogens is 1. The molecule has 0 spiro atoms. The van der Waals surface area contributed by atoms with E-state index in [1.165, 1.54) is 11.6 Å². The SMILES string of the molecule is CNc1ccc(C(=O)NC2CCN(Cc3ccc(Cl)cc3)CC2)cc1[N+](=O)[O-]. The summed E-state index contributed by atoms with van der Waals surface area (Å²) in [5, 5.41) is 17.7. The number of rotatable bonds is 6. The van der Waals surface area contributed by atoms with Crippen molar-refractivity contribution in [3.05, 3.63) is 68.7 Å². The average Bonchev–Trinajstić information content (AvgIpc) is 2.70. The van der Waals surface area contributed by atoms with Gasteiger partial charge in [0, 0.05) is 49.4 Å². The number of piperidine rings is 1. The summed E-state index contributed by atoms with van der Waals surface area (Å²) in [6, 6.07) is 12.4. The minimum Gasteiger partial charge on any atom is -0.383 e. The number of carbonyl (C=O) groups is 1. The van der Waals surface area contributed by atoms with E-state index in [4.69, 9.17) is 11.6 Å². The Kier molecular flexibility index (Phi) is 6.49. The van der Waals surface area contributed by atoms with Crippen molar-refractivity contribution < 1.29 is 9.72 Å². The van der Waals surface area contributed by atoms with E-state index in [-0.39, 0.29) is 17.6 Å². The van der Waals surface area contributed by atoms with Crippen LogP contribution in [0.2, 0.25) is 5.02 Å². The van der Waals surface area contributed by atoms with Crippen LogP contribution in [0.15, 0.2) is 42.5 Å². The number of nitro benzene ring substituents is 1. The maximum Gasteiger partial charge on any atom is 0.293 e. The number of nitro groups is 1. The summed E-state index contributed by atoms with van der Waals surface area (Å²) < 4.78 is 0. The van der Waals surface area contributed by atoms with Crippen LogP contribution in [-0.2, 0) is 6.54 Å². The van der Waals surface area contributed by atoms with Crippen LogP contribution in [0.4, 0.5) is 11.4 Å². The maximum atomic E-state index is 12.5. The summed E-state index contributed by atoms with van der Waals surface area (Å²) in [5.74, 6) is -0.276. The second-order valence-corrected chi connectivity index (χ2v) is 7.33. The summed E-state index contributed by atoms with van der Waals surface area (Å²) in [7, 11) is 1.61. The normalized spacial score (nSPS) is 15.2. The molecule has 0 unspecified atom stereocenters. The van der Waals surface area contributed by atoms with Crippen molar-refractivity contribution in [2.75, 3.05) is 25.5 Å². The third-order valence-electron chi connectivity index (χ3n) is 4.97. The van der Waals surface area contributed by atoms with Gasteiger partial charge in [0.1, 0.15) is 5.69 Å². The summed E-state index contributed by atoms with van der Waals surface area (Å²) in [4.78, 5) is 25.5. The molecule has 8 heteroatoms. The average molecular weight is 403 g/mol. The first kappa shape index (κ1) is 20.1. The monoisotopic (exact) mass is 402 g/mol. The molecule has 1 saturated heterocycles. The van der Waals surface area contributed by atoms with Gasteiger partial charge in [0.2, 0.25) is 0 Å². The molecule has 28 heavy (non-hydrogen) atoms. The Bertz CT molecular complexity index is 849. The van der Waals surface area contributed by atoms with Crippen molar-refractivity contribution >= 4 is 28.9 Å². The summed E-state index contributed by atoms with van der Waals surface area (Å²) >= 11 is 5.92. The van der Waals surface area contributed by atoms with Gasteiger partial charge in [-0.1, -0.05) is 23.7 Å². The van der Waals surface area contributed by atoms with Crippen LogP contribution < -0.4 is 10.6 Å². The van der Waals surface area contributed by atoms with Gasteiger partial charge in [0.05, 0.1) is 4.92 Å². The molecule has 2 aromatic carbocycles. The number of amides is 1. The van der Waals surface area contributed by atoms with Gasteiger partial charge in [-0.15, -0.1) is 0 Å². The molecule has 0 radical (unpaired) electrons. The standard InChI is InChI=1S/C20H23ClN4O3/c1-22-18-7-4-15(12-19(18)25(27)28)20(26)23-17-8-10-24(11-9-17)13-14-2-5-16(21)6-3-14/h2-7,12,17,22H,8-11,13H2,1H3,(H,23,26). The lowest BCUT2D eigenvalue weighted by Crippen LogP contribution is -2.44. The van der Waals surface area contributed by atoms with Gasteiger partial charge in [0.15, 0.2) is 0 Å². The number of likely N-dealkylation sites (tertiary alicyclic amines) is 1. The quantitative estimate of drug-likeness (QED) is 0.568. The molecule has 1 amide bonds. The fourth-order valence-electron chi connectivity index (χ4n) is 3.39. The Morgan fingerprint density at radius 1 is 1.21 bits per heavy atom. The first-order valence-corrected chi connectivity index (χ1v) is 9.58. The molecule has 1 aliphatic rings. The van der Waals surface area contributed by atoms with Gasteiger partial charge in [-0.2, -0.15) is 0 Å². The molecule has 0 bridgehead atoms. The highest BCUT2D eigenvalue weighted by atomic mass is 35.5. The van der Waals surface area contributed by atoms with Crippen LogP contribution in [0.1, 0.15) is 28.8 Å². The van der Waals surface area contributed by atoms with Gasteiger partial charge in [-0.3, -0.25) is 19.8 Å². The molecule has 2 N–H and O–H groups in total. The summed E-state index contributed by atoms with van der Waals surface area (Å²) in [5.41, 5.74) is 1.79. The Balaban J connectivity index is 1.54. The smallest absolute Gasteiger partial charge is 0.293 e. The van der Waals surface area contributed by atoms with Crippen molar-refractivity contribution in [1.82, 2.24) is 10.2 Å². The highest BCUT2D eigenvalue weighted by Crippen LogP contribution is 2.25. The van der Waals surface area contributed by atoms with E-state index in [0.717, 1.165) is 37.5 Å². The zero-order chi connectivity index (χ0) is 20.1. The Morgan fingerprint density at radius 2 is 1.89 bits per heavy atom. The Morgan fingerprint density at radius 3 is 2.50 bits per heavy atom. The van der Waals surface area contributed by atoms with Crippen molar-refractivity contribution in [2.24, 2.45) is 0 Å². The summed E-state index contributed by atoms with van der Waals surface area (Å²) in [6.45, 7) is 2.62. The maximum absolute atomic E-state index is 12.5. The zero-order valence-electron chi connectivity index (χ0n) is 15.7. The zero-order valence-corrected chi connectivity index (χ0v) is 16.4. The van der Waals surface area contributed by atoms with Crippen LogP contribution in [0.5, 0.6) is 0 Å². The summed E-state index contributed by atoms with van der Waals surface area (Å²) in [6.07, 6.45) is 1.69. The molecule has 2 aromatic rings. The van der Waals surface area contributed by atoms with E-state index in [2.05, 4.69) is 15.5 Å². The minimum atomic E-state index is -0.488. The van der Waals surface area contributed by atoms with Gasteiger partial charge in [0.25, 0.3) is 11.6 Å². The van der Waals surface area contributed by atoms with Gasteiger partial charge in [-0.25, -0.2) is 0 Å². The van der Waals surface area contributed by atoms with Crippen LogP contribution >= 0.6 is 11.6 Å². The van der Waals surface area contributed by atoms with Crippen LogP contribution in [0.25, 0.3) is 0 Å². The van der Waals surface area contributed by atoms with Crippen molar-refractivity contribution in [3.63, 3.8) is 0 Å². The number of nitrogens with one attached hydrogen (secondary N) is 2. The van der Waals surface area contributed by atoms with E-state index in [1.807, 2.05) is 24.3 Å². The number of nitrogens with zero attached hydrogens (tertiary/aromatic N) is 2. The molecule has 148 valence electrons. The highest BCUT2D eigenvalue weighted by molar-refractivity contribution is 6.30. The van der Waals surface area contributed by atoms with Crippen molar-refractivity contribution in [1.29, 1.82) is 0 Å². The predicted octanol–water partition coefficient (Wildman–Crippen LogP) is 3.68. The van der Waals surface area contributed by atoms with Crippen molar-refractivity contribution in [2.45, 2.75) is 25.4 Å². The molecular weight excluding hydrogens is 380 g/mol. The molecule has 1 fully saturated rings. The fraction of sp³-hybridized carbons (Fsp3) is 0.350. The van der Waals surface area contributed by atoms with E-state index in [9.17, 15) is 14.9 Å². The number of carbonyl (C=O) groups excluding carboxylic acids is 1. The van der Waals surface area contributed by atoms with Crippen LogP contribution in [0, 0.1) is 10.1 Å². The third kappa shape index (κ3) is 4.99. The third-order valence-corrected chi connectivity index (χ3v) is 5.22. The van der Waals surface area contributed by atoms with E-state index >= 15 is 0 Å². The van der Waals surface area contributed by atoms with E-state index in [0.29, 0.717) is 11.3 Å². The molecule has 1 heterocycles. The largest absolute Gasteiger partial charge is 0.383 e. The molecule has 0 atom stereocenters. The lowest BCUT2D eigenvalue weighted by molar-refractivity contribution is -0.384. The molecule has 1 aliphatic heterocycles. The van der Waals surface area contributed by atoms with Crippen LogP contribution in [0.3, 0.4) is 0 Å². The van der Waals surface area contributed by atoms with E-state index < -0.39 is 4.92 Å². The minimum absolute atomic E-state index is 0.0667. The molecule has 7 nitrogen and oxygen atoms in total. The van der Waals surface area contributed by atoms with Crippen molar-refractivity contribution in [3.8, 4) is 0 Å². The first-order chi connectivity index (χ1) is 13.5. The lowest BCUT2D eigenvalue weighted by Gasteiger charge is -2.32. The van der Waals surface area contributed by atoms with E-state index in [1.54, 1.807) is 19.2 Å². The topological polar surface area (TPSA) is 87.5 Å². The van der Waals surface area contributed by atoms with Gasteiger partial charge in [-0.05, 0) is 42.7 Å². The van der Waals surface area contributed by atoms with Gasteiger partial charge < -0.3 is 10.6 Å². The highest BCUT2D eigenvalue weighted by Gasteiger charge is 2.23. The second-order valence-electron chi connectivity index (χ2n) is 6.89. The molecule has 0 saturated carbocycles. The Hall–Kier alpha value is -2.64. The predicted molar refractivity (Wildman–Crippen MR) is 110 cm³/mol. The molecule has 3 rings (SSSR count). The van der Waals surface area contributed by atoms with Gasteiger partial charge >= 0.3 is 0 Å². The van der Waals surface area contributed by atoms with Crippen LogP contribution in [-0.4, -0.2) is 41.9 Å². The molecule has 0 aliphatic carbocycles. The lowest BCUT2D eigenvalue weighted by atomic mass is 10.0. The first-order valence-electron chi connectivity index (χ1n) is 9.20. The number of benzene rings is 2. The molecule has 0 aromatic heterocycles. The number of hydrogen-bond donors (Lipinski definition) is 2. The number of hydrogen-bond acceptors (Lipinski definition) is 5. The fourth-order valence-corrected chi connectivity index (χ4v) is 3.51. The molecular formula is C20H23ClN4O3. The Labute approximate surface area is 168 Å². The number of anilines is 1. The second kappa shape index (κ2) is 9.03.